The molecule has 2 aromatic rings. The van der Waals surface area contributed by atoms with Crippen LogP contribution in [-0.2, 0) is 17.6 Å². The van der Waals surface area contributed by atoms with Crippen molar-refractivity contribution in [2.75, 3.05) is 0 Å². The summed E-state index contributed by atoms with van der Waals surface area (Å²) in [6.07, 6.45) is 0.544. The molecule has 0 bridgehead atoms. The van der Waals surface area contributed by atoms with Gasteiger partial charge in [0.2, 0.25) is 5.89 Å². The Morgan fingerprint density at radius 1 is 1.35 bits per heavy atom. The minimum atomic E-state index is -0.896. The van der Waals surface area contributed by atoms with E-state index in [0.717, 1.165) is 5.56 Å². The lowest BCUT2D eigenvalue weighted by Gasteiger charge is -1.92. The maximum absolute atomic E-state index is 10.7. The maximum atomic E-state index is 10.7. The average molecular weight is 231 g/mol. The van der Waals surface area contributed by atoms with Crippen molar-refractivity contribution in [3.8, 4) is 11.5 Å². The van der Waals surface area contributed by atoms with Crippen molar-refractivity contribution in [1.82, 2.24) is 4.98 Å². The SMILES string of the molecule is CCc1oc(-c2ccccc2)nc1CC(=O)O. The molecule has 4 heteroatoms. The number of aromatic nitrogens is 1. The second-order valence-corrected chi connectivity index (χ2v) is 3.68. The largest absolute Gasteiger partial charge is 0.481 e. The number of nitrogens with zero attached hydrogens (tertiary/aromatic N) is 1. The van der Waals surface area contributed by atoms with Gasteiger partial charge in [-0.2, -0.15) is 0 Å². The second-order valence-electron chi connectivity index (χ2n) is 3.68. The fraction of sp³-hybridized carbons (Fsp3) is 0.231. The van der Waals surface area contributed by atoms with Gasteiger partial charge in [-0.25, -0.2) is 4.98 Å². The molecular weight excluding hydrogens is 218 g/mol. The zero-order valence-corrected chi connectivity index (χ0v) is 9.51. The lowest BCUT2D eigenvalue weighted by atomic mass is 10.2. The molecule has 2 rings (SSSR count). The third-order valence-corrected chi connectivity index (χ3v) is 2.44. The lowest BCUT2D eigenvalue weighted by Crippen LogP contribution is -2.02. The summed E-state index contributed by atoms with van der Waals surface area (Å²) in [5, 5.41) is 8.79. The van der Waals surface area contributed by atoms with Crippen LogP contribution in [0.1, 0.15) is 18.4 Å². The number of aliphatic carboxylic acids is 1. The predicted molar refractivity (Wildman–Crippen MR) is 62.7 cm³/mol. The van der Waals surface area contributed by atoms with Crippen LogP contribution in [0.25, 0.3) is 11.5 Å². The van der Waals surface area contributed by atoms with Crippen molar-refractivity contribution < 1.29 is 14.3 Å². The Bertz CT molecular complexity index is 517. The molecule has 0 aliphatic heterocycles. The normalized spacial score (nSPS) is 10.4. The number of carboxylic acids is 1. The highest BCUT2D eigenvalue weighted by molar-refractivity contribution is 5.70. The maximum Gasteiger partial charge on any atom is 0.309 e. The van der Waals surface area contributed by atoms with Gasteiger partial charge in [-0.3, -0.25) is 4.79 Å². The quantitative estimate of drug-likeness (QED) is 0.878. The van der Waals surface area contributed by atoms with Crippen molar-refractivity contribution in [3.05, 3.63) is 41.8 Å². The van der Waals surface area contributed by atoms with E-state index in [2.05, 4.69) is 4.98 Å². The van der Waals surface area contributed by atoms with Gasteiger partial charge in [0.1, 0.15) is 5.76 Å². The molecule has 0 amide bonds. The predicted octanol–water partition coefficient (Wildman–Crippen LogP) is 2.53. The van der Waals surface area contributed by atoms with Gasteiger partial charge in [0.25, 0.3) is 0 Å². The van der Waals surface area contributed by atoms with Crippen molar-refractivity contribution in [3.63, 3.8) is 0 Å². The van der Waals surface area contributed by atoms with E-state index in [1.807, 2.05) is 37.3 Å². The van der Waals surface area contributed by atoms with Crippen LogP contribution < -0.4 is 0 Å². The summed E-state index contributed by atoms with van der Waals surface area (Å²) in [7, 11) is 0. The molecule has 1 N–H and O–H groups in total. The van der Waals surface area contributed by atoms with Crippen LogP contribution in [0.4, 0.5) is 0 Å². The summed E-state index contributed by atoms with van der Waals surface area (Å²) < 4.78 is 5.58. The molecule has 0 spiro atoms. The Kier molecular flexibility index (Phi) is 3.23. The van der Waals surface area contributed by atoms with Crippen molar-refractivity contribution in [2.24, 2.45) is 0 Å². The molecule has 1 aromatic carbocycles. The monoisotopic (exact) mass is 231 g/mol. The summed E-state index contributed by atoms with van der Waals surface area (Å²) in [4.78, 5) is 14.9. The van der Waals surface area contributed by atoms with E-state index >= 15 is 0 Å². The third kappa shape index (κ3) is 2.53. The first-order chi connectivity index (χ1) is 8.20. The molecule has 1 heterocycles. The Labute approximate surface area is 98.9 Å². The molecule has 0 aliphatic rings. The first-order valence-corrected chi connectivity index (χ1v) is 5.46. The van der Waals surface area contributed by atoms with Crippen LogP contribution >= 0.6 is 0 Å². The van der Waals surface area contributed by atoms with E-state index in [4.69, 9.17) is 9.52 Å². The number of hydrogen-bond donors (Lipinski definition) is 1. The molecule has 0 aliphatic carbocycles. The number of hydrogen-bond acceptors (Lipinski definition) is 3. The molecule has 0 radical (unpaired) electrons. The molecule has 1 aromatic heterocycles. The molecule has 88 valence electrons. The highest BCUT2D eigenvalue weighted by Crippen LogP contribution is 2.22. The Balaban J connectivity index is 2.37. The van der Waals surface area contributed by atoms with Gasteiger partial charge in [-0.05, 0) is 12.1 Å². The third-order valence-electron chi connectivity index (χ3n) is 2.44. The number of carboxylic acid groups (broad SMARTS) is 1. The Morgan fingerprint density at radius 3 is 2.65 bits per heavy atom. The van der Waals surface area contributed by atoms with Crippen LogP contribution in [0.5, 0.6) is 0 Å². The van der Waals surface area contributed by atoms with Gasteiger partial charge in [-0.1, -0.05) is 25.1 Å². The first-order valence-electron chi connectivity index (χ1n) is 5.46. The van der Waals surface area contributed by atoms with Crippen LogP contribution in [0, 0.1) is 0 Å². The Hall–Kier alpha value is -2.10. The van der Waals surface area contributed by atoms with Crippen LogP contribution in [-0.4, -0.2) is 16.1 Å². The van der Waals surface area contributed by atoms with Crippen LogP contribution in [0.3, 0.4) is 0 Å². The van der Waals surface area contributed by atoms with Gasteiger partial charge >= 0.3 is 5.97 Å². The topological polar surface area (TPSA) is 63.3 Å². The number of aryl methyl sites for hydroxylation is 1. The van der Waals surface area contributed by atoms with Gasteiger partial charge in [-0.15, -0.1) is 0 Å². The van der Waals surface area contributed by atoms with Gasteiger partial charge in [0.05, 0.1) is 12.1 Å². The zero-order chi connectivity index (χ0) is 12.3. The average Bonchev–Trinajstić information content (AvgIpc) is 2.72. The molecule has 0 saturated heterocycles. The standard InChI is InChI=1S/C13H13NO3/c1-2-11-10(8-12(15)16)14-13(17-11)9-6-4-3-5-7-9/h3-7H,2,8H2,1H3,(H,15,16). The number of rotatable bonds is 4. The fourth-order valence-corrected chi connectivity index (χ4v) is 1.65. The summed E-state index contributed by atoms with van der Waals surface area (Å²) >= 11 is 0. The van der Waals surface area contributed by atoms with Gasteiger partial charge in [0.15, 0.2) is 0 Å². The highest BCUT2D eigenvalue weighted by atomic mass is 16.4. The van der Waals surface area contributed by atoms with Gasteiger partial charge in [0, 0.05) is 12.0 Å². The van der Waals surface area contributed by atoms with E-state index in [-0.39, 0.29) is 6.42 Å². The smallest absolute Gasteiger partial charge is 0.309 e. The summed E-state index contributed by atoms with van der Waals surface area (Å²) in [6, 6.07) is 9.46. The molecule has 0 atom stereocenters. The minimum absolute atomic E-state index is 0.0977. The lowest BCUT2D eigenvalue weighted by molar-refractivity contribution is -0.136. The second kappa shape index (κ2) is 4.82. The van der Waals surface area contributed by atoms with E-state index in [1.54, 1.807) is 0 Å². The summed E-state index contributed by atoms with van der Waals surface area (Å²) in [6.45, 7) is 1.92. The molecule has 0 saturated carbocycles. The van der Waals surface area contributed by atoms with Crippen molar-refractivity contribution in [2.45, 2.75) is 19.8 Å². The number of carbonyl (C=O) groups is 1. The van der Waals surface area contributed by atoms with E-state index in [1.165, 1.54) is 0 Å². The van der Waals surface area contributed by atoms with Crippen molar-refractivity contribution in [1.29, 1.82) is 0 Å². The fourth-order valence-electron chi connectivity index (χ4n) is 1.65. The van der Waals surface area contributed by atoms with Crippen molar-refractivity contribution >= 4 is 5.97 Å². The molecule has 0 fully saturated rings. The first kappa shape index (κ1) is 11.4. The summed E-state index contributed by atoms with van der Waals surface area (Å²) in [5.41, 5.74) is 1.37. The van der Waals surface area contributed by atoms with E-state index in [0.29, 0.717) is 23.8 Å². The molecule has 17 heavy (non-hydrogen) atoms. The Morgan fingerprint density at radius 2 is 2.06 bits per heavy atom. The van der Waals surface area contributed by atoms with Crippen LogP contribution in [0.2, 0.25) is 0 Å². The van der Waals surface area contributed by atoms with Crippen LogP contribution in [0.15, 0.2) is 34.7 Å². The van der Waals surface area contributed by atoms with E-state index in [9.17, 15) is 4.79 Å². The molecule has 4 nitrogen and oxygen atoms in total. The number of oxazole rings is 1. The minimum Gasteiger partial charge on any atom is -0.481 e. The zero-order valence-electron chi connectivity index (χ0n) is 9.51. The molecule has 0 unspecified atom stereocenters. The summed E-state index contributed by atoms with van der Waals surface area (Å²) in [5.74, 6) is 0.234. The highest BCUT2D eigenvalue weighted by Gasteiger charge is 2.15. The number of benzene rings is 1. The van der Waals surface area contributed by atoms with E-state index < -0.39 is 5.97 Å². The van der Waals surface area contributed by atoms with Gasteiger partial charge < -0.3 is 9.52 Å². The molecular formula is C13H13NO3.